The number of amides is 2. The molecule has 1 heterocycles. The SMILES string of the molecule is CCOc1ccccc1NC(=O)C1c2ccccc2C(=O)N(C2CCCCC2)C1c1ccc(OC)cc1. The molecule has 1 aliphatic heterocycles. The Morgan fingerprint density at radius 2 is 1.65 bits per heavy atom. The van der Waals surface area contributed by atoms with Gasteiger partial charge in [0.25, 0.3) is 5.91 Å². The Labute approximate surface area is 218 Å². The van der Waals surface area contributed by atoms with Gasteiger partial charge in [-0.15, -0.1) is 0 Å². The standard InChI is InChI=1S/C31H34N2O4/c1-3-37-27-16-10-9-15-26(27)32-30(34)28-24-13-7-8-14-25(24)31(35)33(22-11-5-4-6-12-22)29(28)21-17-19-23(36-2)20-18-21/h7-10,13-20,22,28-29H,3-6,11-12H2,1-2H3,(H,32,34). The van der Waals surface area contributed by atoms with Gasteiger partial charge in [-0.05, 0) is 61.2 Å². The molecule has 6 nitrogen and oxygen atoms in total. The fourth-order valence-corrected chi connectivity index (χ4v) is 5.81. The number of carbonyl (C=O) groups is 2. The number of para-hydroxylation sites is 2. The van der Waals surface area contributed by atoms with E-state index in [1.54, 1.807) is 7.11 Å². The van der Waals surface area contributed by atoms with Crippen molar-refractivity contribution < 1.29 is 19.1 Å². The third-order valence-corrected chi connectivity index (χ3v) is 7.53. The van der Waals surface area contributed by atoms with Crippen molar-refractivity contribution in [3.8, 4) is 11.5 Å². The summed E-state index contributed by atoms with van der Waals surface area (Å²) < 4.78 is 11.2. The highest BCUT2D eigenvalue weighted by Gasteiger charge is 2.46. The fraction of sp³-hybridized carbons (Fsp3) is 0.355. The normalized spacial score (nSPS) is 19.7. The Balaban J connectivity index is 1.63. The van der Waals surface area contributed by atoms with Gasteiger partial charge in [-0.25, -0.2) is 0 Å². The van der Waals surface area contributed by atoms with E-state index in [9.17, 15) is 9.59 Å². The Bertz CT molecular complexity index is 1250. The van der Waals surface area contributed by atoms with Crippen LogP contribution < -0.4 is 14.8 Å². The van der Waals surface area contributed by atoms with E-state index in [4.69, 9.17) is 9.47 Å². The molecule has 3 aromatic rings. The van der Waals surface area contributed by atoms with Gasteiger partial charge in [0, 0.05) is 11.6 Å². The molecule has 5 rings (SSSR count). The van der Waals surface area contributed by atoms with E-state index in [0.29, 0.717) is 23.6 Å². The largest absolute Gasteiger partial charge is 0.497 e. The lowest BCUT2D eigenvalue weighted by Crippen LogP contribution is -2.51. The van der Waals surface area contributed by atoms with Gasteiger partial charge in [0.1, 0.15) is 11.5 Å². The highest BCUT2D eigenvalue weighted by molar-refractivity contribution is 6.05. The molecule has 192 valence electrons. The van der Waals surface area contributed by atoms with Crippen LogP contribution in [0.2, 0.25) is 0 Å². The van der Waals surface area contributed by atoms with Crippen molar-refractivity contribution in [1.29, 1.82) is 0 Å². The van der Waals surface area contributed by atoms with E-state index in [-0.39, 0.29) is 17.9 Å². The first kappa shape index (κ1) is 24.9. The summed E-state index contributed by atoms with van der Waals surface area (Å²) >= 11 is 0. The minimum atomic E-state index is -0.584. The van der Waals surface area contributed by atoms with E-state index >= 15 is 0 Å². The van der Waals surface area contributed by atoms with E-state index < -0.39 is 12.0 Å². The minimum Gasteiger partial charge on any atom is -0.497 e. The van der Waals surface area contributed by atoms with Crippen LogP contribution in [0.4, 0.5) is 5.69 Å². The number of nitrogens with one attached hydrogen (secondary N) is 1. The van der Waals surface area contributed by atoms with Crippen LogP contribution in [0, 0.1) is 0 Å². The molecule has 0 bridgehead atoms. The summed E-state index contributed by atoms with van der Waals surface area (Å²) in [4.78, 5) is 30.2. The maximum Gasteiger partial charge on any atom is 0.254 e. The summed E-state index contributed by atoms with van der Waals surface area (Å²) in [6, 6.07) is 22.4. The molecule has 2 unspecified atom stereocenters. The van der Waals surface area contributed by atoms with Crippen molar-refractivity contribution in [3.05, 3.63) is 89.5 Å². The van der Waals surface area contributed by atoms with Crippen molar-refractivity contribution >= 4 is 17.5 Å². The van der Waals surface area contributed by atoms with Crippen molar-refractivity contribution in [2.24, 2.45) is 0 Å². The molecule has 0 spiro atoms. The average Bonchev–Trinajstić information content (AvgIpc) is 2.94. The molecule has 2 amide bonds. The summed E-state index contributed by atoms with van der Waals surface area (Å²) in [5, 5.41) is 3.14. The number of methoxy groups -OCH3 is 1. The number of hydrogen-bond donors (Lipinski definition) is 1. The molecule has 2 aliphatic rings. The van der Waals surface area contributed by atoms with Crippen LogP contribution in [0.15, 0.2) is 72.8 Å². The van der Waals surface area contributed by atoms with E-state index in [1.807, 2.05) is 84.6 Å². The Morgan fingerprint density at radius 1 is 0.946 bits per heavy atom. The first-order chi connectivity index (χ1) is 18.1. The zero-order valence-corrected chi connectivity index (χ0v) is 21.5. The van der Waals surface area contributed by atoms with Gasteiger partial charge in [-0.2, -0.15) is 0 Å². The van der Waals surface area contributed by atoms with Crippen LogP contribution in [-0.2, 0) is 4.79 Å². The maximum absolute atomic E-state index is 14.2. The third-order valence-electron chi connectivity index (χ3n) is 7.53. The second-order valence-electron chi connectivity index (χ2n) is 9.71. The minimum absolute atomic E-state index is 0.00193. The van der Waals surface area contributed by atoms with Crippen LogP contribution in [0.25, 0.3) is 0 Å². The molecule has 37 heavy (non-hydrogen) atoms. The quantitative estimate of drug-likeness (QED) is 0.412. The highest BCUT2D eigenvalue weighted by atomic mass is 16.5. The number of hydrogen-bond acceptors (Lipinski definition) is 4. The van der Waals surface area contributed by atoms with Crippen LogP contribution in [0.5, 0.6) is 11.5 Å². The van der Waals surface area contributed by atoms with Crippen LogP contribution in [0.1, 0.15) is 72.5 Å². The smallest absolute Gasteiger partial charge is 0.254 e. The van der Waals surface area contributed by atoms with Gasteiger partial charge in [0.2, 0.25) is 5.91 Å². The van der Waals surface area contributed by atoms with Crippen molar-refractivity contribution in [1.82, 2.24) is 4.90 Å². The fourth-order valence-electron chi connectivity index (χ4n) is 5.81. The predicted octanol–water partition coefficient (Wildman–Crippen LogP) is 6.35. The summed E-state index contributed by atoms with van der Waals surface area (Å²) in [7, 11) is 1.63. The van der Waals surface area contributed by atoms with E-state index in [0.717, 1.165) is 42.6 Å². The molecule has 1 N–H and O–H groups in total. The van der Waals surface area contributed by atoms with E-state index in [2.05, 4.69) is 5.32 Å². The topological polar surface area (TPSA) is 67.9 Å². The number of ether oxygens (including phenoxy) is 2. The molecular weight excluding hydrogens is 464 g/mol. The average molecular weight is 499 g/mol. The van der Waals surface area contributed by atoms with Crippen LogP contribution in [0.3, 0.4) is 0 Å². The third kappa shape index (κ3) is 4.93. The molecule has 6 heteroatoms. The van der Waals surface area contributed by atoms with Gasteiger partial charge in [0.05, 0.1) is 31.4 Å². The molecule has 1 fully saturated rings. The molecule has 0 saturated heterocycles. The number of anilines is 1. The summed E-state index contributed by atoms with van der Waals surface area (Å²) in [6.07, 6.45) is 5.25. The number of carbonyl (C=O) groups excluding carboxylic acids is 2. The van der Waals surface area contributed by atoms with Crippen molar-refractivity contribution in [2.45, 2.75) is 57.0 Å². The lowest BCUT2D eigenvalue weighted by Gasteiger charge is -2.46. The molecular formula is C31H34N2O4. The van der Waals surface area contributed by atoms with Crippen LogP contribution in [-0.4, -0.2) is 36.5 Å². The summed E-state index contributed by atoms with van der Waals surface area (Å²) in [5.41, 5.74) is 2.91. The summed E-state index contributed by atoms with van der Waals surface area (Å²) in [5.74, 6) is 0.625. The first-order valence-electron chi connectivity index (χ1n) is 13.2. The summed E-state index contributed by atoms with van der Waals surface area (Å²) in [6.45, 7) is 2.42. The Hall–Kier alpha value is -3.80. The second-order valence-corrected chi connectivity index (χ2v) is 9.71. The monoisotopic (exact) mass is 498 g/mol. The molecule has 1 aliphatic carbocycles. The number of fused-ring (bicyclic) bond motifs is 1. The van der Waals surface area contributed by atoms with E-state index in [1.165, 1.54) is 6.42 Å². The Morgan fingerprint density at radius 3 is 2.38 bits per heavy atom. The number of nitrogens with zero attached hydrogens (tertiary/aromatic N) is 1. The van der Waals surface area contributed by atoms with Crippen molar-refractivity contribution in [2.75, 3.05) is 19.0 Å². The van der Waals surface area contributed by atoms with Gasteiger partial charge >= 0.3 is 0 Å². The maximum atomic E-state index is 14.2. The molecule has 2 atom stereocenters. The highest BCUT2D eigenvalue weighted by Crippen LogP contribution is 2.46. The molecule has 1 saturated carbocycles. The first-order valence-corrected chi connectivity index (χ1v) is 13.2. The molecule has 3 aromatic carbocycles. The van der Waals surface area contributed by atoms with Crippen molar-refractivity contribution in [3.63, 3.8) is 0 Å². The lowest BCUT2D eigenvalue weighted by atomic mass is 9.77. The van der Waals surface area contributed by atoms with Gasteiger partial charge < -0.3 is 19.7 Å². The molecule has 0 aromatic heterocycles. The van der Waals surface area contributed by atoms with Gasteiger partial charge in [0.15, 0.2) is 0 Å². The lowest BCUT2D eigenvalue weighted by molar-refractivity contribution is -0.119. The second kappa shape index (κ2) is 11.1. The zero-order valence-electron chi connectivity index (χ0n) is 21.5. The van der Waals surface area contributed by atoms with Gasteiger partial charge in [-0.3, -0.25) is 9.59 Å². The Kier molecular flexibility index (Phi) is 7.45. The number of benzene rings is 3. The number of rotatable bonds is 7. The van der Waals surface area contributed by atoms with Gasteiger partial charge in [-0.1, -0.05) is 61.7 Å². The molecule has 0 radical (unpaired) electrons. The zero-order chi connectivity index (χ0) is 25.8. The van der Waals surface area contributed by atoms with Crippen LogP contribution >= 0.6 is 0 Å². The predicted molar refractivity (Wildman–Crippen MR) is 144 cm³/mol.